The molecule has 166 valence electrons. The van der Waals surface area contributed by atoms with E-state index in [1.165, 1.54) is 54.6 Å². The second-order valence-corrected chi connectivity index (χ2v) is 8.58. The molecule has 1 aromatic carbocycles. The third-order valence-corrected chi connectivity index (χ3v) is 6.14. The van der Waals surface area contributed by atoms with Crippen molar-refractivity contribution in [1.82, 2.24) is 15.3 Å². The number of thiazole rings is 1. The van der Waals surface area contributed by atoms with E-state index in [-0.39, 0.29) is 17.9 Å². The van der Waals surface area contributed by atoms with Gasteiger partial charge in [-0.2, -0.15) is 0 Å². The van der Waals surface area contributed by atoms with E-state index in [2.05, 4.69) is 31.9 Å². The zero-order chi connectivity index (χ0) is 22.9. The maximum atomic E-state index is 12.4. The number of amides is 2. The minimum atomic E-state index is -0.516. The lowest BCUT2D eigenvalue weighted by Gasteiger charge is -2.05. The monoisotopic (exact) mass is 472 g/mol. The maximum Gasteiger partial charge on any atom is 0.407 e. The van der Waals surface area contributed by atoms with Gasteiger partial charge in [0.1, 0.15) is 12.3 Å². The molecule has 3 rings (SSSR count). The molecule has 0 saturated carbocycles. The summed E-state index contributed by atoms with van der Waals surface area (Å²) in [5.41, 5.74) is 1.86. The molecule has 2 amide bonds. The Labute approximate surface area is 192 Å². The molecule has 2 N–H and O–H groups in total. The summed E-state index contributed by atoms with van der Waals surface area (Å²) in [5.74, 6) is -0.272. The summed E-state index contributed by atoms with van der Waals surface area (Å²) in [4.78, 5) is 43.8. The first kappa shape index (κ1) is 23.2. The number of thioether (sulfide) groups is 1. The normalized spacial score (nSPS) is 10.4. The minimum absolute atomic E-state index is 0.171. The number of anilines is 1. The van der Waals surface area contributed by atoms with E-state index in [0.29, 0.717) is 18.0 Å². The van der Waals surface area contributed by atoms with Crippen LogP contribution >= 0.6 is 23.1 Å². The van der Waals surface area contributed by atoms with Crippen molar-refractivity contribution in [1.29, 1.82) is 0 Å². The smallest absolute Gasteiger partial charge is 0.407 e. The number of benzene rings is 1. The summed E-state index contributed by atoms with van der Waals surface area (Å²) in [6, 6.07) is 8.36. The number of carbonyl (C=O) groups excluding carboxylic acids is 3. The zero-order valence-corrected chi connectivity index (χ0v) is 18.8. The molecule has 0 fully saturated rings. The highest BCUT2D eigenvalue weighted by atomic mass is 32.2. The van der Waals surface area contributed by atoms with Gasteiger partial charge in [-0.3, -0.25) is 9.78 Å². The number of ether oxygens (including phenoxy) is 2. The highest BCUT2D eigenvalue weighted by Gasteiger charge is 2.12. The lowest BCUT2D eigenvalue weighted by molar-refractivity contribution is 0.0599. The Kier molecular flexibility index (Phi) is 8.17. The van der Waals surface area contributed by atoms with Crippen molar-refractivity contribution in [3.05, 3.63) is 60.4 Å². The molecule has 3 aromatic rings. The number of carbonyl (C=O) groups is 3. The number of hydrogen-bond donors (Lipinski definition) is 2. The number of rotatable bonds is 9. The van der Waals surface area contributed by atoms with Crippen LogP contribution in [0, 0.1) is 0 Å². The fourth-order valence-corrected chi connectivity index (χ4v) is 4.51. The number of alkyl carbamates (subject to hydrolysis) is 1. The van der Waals surface area contributed by atoms with Crippen LogP contribution in [0.15, 0.2) is 53.5 Å². The summed E-state index contributed by atoms with van der Waals surface area (Å²) in [6.45, 7) is 4.10. The second kappa shape index (κ2) is 11.3. The quantitative estimate of drug-likeness (QED) is 0.209. The Morgan fingerprint density at radius 2 is 2.09 bits per heavy atom. The number of pyridine rings is 1. The van der Waals surface area contributed by atoms with Crippen molar-refractivity contribution in [3.63, 3.8) is 0 Å². The van der Waals surface area contributed by atoms with Gasteiger partial charge in [-0.25, -0.2) is 14.6 Å². The Hall–Kier alpha value is -3.44. The fourth-order valence-electron chi connectivity index (χ4n) is 2.48. The number of esters is 1. The number of nitrogens with zero attached hydrogens (tertiary/aromatic N) is 2. The SMILES string of the molecule is C=CCOC(=O)NCCSc1nc2ccc(NC(=O)c3ccc(C(=O)OC)cn3)cc2s1. The standard InChI is InChI=1S/C21H20N4O5S2/c1-3-9-30-20(28)22-8-10-31-21-25-15-7-5-14(11-17(15)32-21)24-18(26)16-6-4-13(12-23-16)19(27)29-2/h3-7,11-12H,1,8-10H2,2H3,(H,22,28)(H,24,26). The molecule has 0 spiro atoms. The van der Waals surface area contributed by atoms with E-state index in [0.717, 1.165) is 14.6 Å². The maximum absolute atomic E-state index is 12.4. The average Bonchev–Trinajstić information content (AvgIpc) is 3.22. The summed E-state index contributed by atoms with van der Waals surface area (Å²) >= 11 is 3.01. The van der Waals surface area contributed by atoms with Gasteiger partial charge in [0.15, 0.2) is 4.34 Å². The lowest BCUT2D eigenvalue weighted by atomic mass is 10.2. The summed E-state index contributed by atoms with van der Waals surface area (Å²) < 4.78 is 11.2. The Balaban J connectivity index is 1.56. The van der Waals surface area contributed by atoms with Gasteiger partial charge < -0.3 is 20.1 Å². The van der Waals surface area contributed by atoms with E-state index in [9.17, 15) is 14.4 Å². The molecule has 32 heavy (non-hydrogen) atoms. The Bertz CT molecular complexity index is 1130. The number of fused-ring (bicyclic) bond motifs is 1. The highest BCUT2D eigenvalue weighted by molar-refractivity contribution is 8.01. The van der Waals surface area contributed by atoms with Crippen LogP contribution < -0.4 is 10.6 Å². The van der Waals surface area contributed by atoms with Crippen LogP contribution in [0.5, 0.6) is 0 Å². The minimum Gasteiger partial charge on any atom is -0.465 e. The van der Waals surface area contributed by atoms with Crippen LogP contribution in [0.1, 0.15) is 20.8 Å². The first-order valence-corrected chi connectivity index (χ1v) is 11.2. The molecule has 0 aliphatic heterocycles. The van der Waals surface area contributed by atoms with E-state index in [1.807, 2.05) is 12.1 Å². The van der Waals surface area contributed by atoms with Gasteiger partial charge in [-0.05, 0) is 30.3 Å². The van der Waals surface area contributed by atoms with Crippen molar-refractivity contribution in [2.24, 2.45) is 0 Å². The predicted molar refractivity (Wildman–Crippen MR) is 123 cm³/mol. The largest absolute Gasteiger partial charge is 0.465 e. The molecule has 0 aliphatic carbocycles. The fraction of sp³-hybridized carbons (Fsp3) is 0.190. The van der Waals surface area contributed by atoms with Crippen molar-refractivity contribution < 1.29 is 23.9 Å². The van der Waals surface area contributed by atoms with Gasteiger partial charge in [-0.15, -0.1) is 11.3 Å². The van der Waals surface area contributed by atoms with Gasteiger partial charge in [0.2, 0.25) is 0 Å². The highest BCUT2D eigenvalue weighted by Crippen LogP contribution is 2.31. The van der Waals surface area contributed by atoms with Crippen LogP contribution in [0.4, 0.5) is 10.5 Å². The number of aromatic nitrogens is 2. The topological polar surface area (TPSA) is 120 Å². The molecule has 0 bridgehead atoms. The number of methoxy groups -OCH3 is 1. The molecular weight excluding hydrogens is 452 g/mol. The first-order valence-electron chi connectivity index (χ1n) is 9.41. The van der Waals surface area contributed by atoms with Crippen LogP contribution in [0.2, 0.25) is 0 Å². The molecule has 0 radical (unpaired) electrons. The van der Waals surface area contributed by atoms with Crippen molar-refractivity contribution in [3.8, 4) is 0 Å². The molecule has 11 heteroatoms. The second-order valence-electron chi connectivity index (χ2n) is 6.20. The molecular formula is C21H20N4O5S2. The van der Waals surface area contributed by atoms with E-state index < -0.39 is 18.0 Å². The lowest BCUT2D eigenvalue weighted by Crippen LogP contribution is -2.26. The molecule has 2 heterocycles. The Morgan fingerprint density at radius 1 is 1.25 bits per heavy atom. The molecule has 0 atom stereocenters. The van der Waals surface area contributed by atoms with Gasteiger partial charge in [0, 0.05) is 24.2 Å². The van der Waals surface area contributed by atoms with Crippen molar-refractivity contribution in [2.75, 3.05) is 31.3 Å². The van der Waals surface area contributed by atoms with Gasteiger partial charge in [-0.1, -0.05) is 24.4 Å². The van der Waals surface area contributed by atoms with Gasteiger partial charge in [0.05, 0.1) is 22.9 Å². The van der Waals surface area contributed by atoms with Gasteiger partial charge in [0.25, 0.3) is 5.91 Å². The third-order valence-electron chi connectivity index (χ3n) is 3.97. The van der Waals surface area contributed by atoms with E-state index in [4.69, 9.17) is 4.74 Å². The van der Waals surface area contributed by atoms with Crippen LogP contribution in [-0.4, -0.2) is 54.0 Å². The zero-order valence-electron chi connectivity index (χ0n) is 17.1. The number of nitrogens with one attached hydrogen (secondary N) is 2. The van der Waals surface area contributed by atoms with Crippen LogP contribution in [0.25, 0.3) is 10.2 Å². The third kappa shape index (κ3) is 6.28. The van der Waals surface area contributed by atoms with Crippen LogP contribution in [-0.2, 0) is 9.47 Å². The summed E-state index contributed by atoms with van der Waals surface area (Å²) in [7, 11) is 1.28. The molecule has 9 nitrogen and oxygen atoms in total. The number of hydrogen-bond acceptors (Lipinski definition) is 9. The summed E-state index contributed by atoms with van der Waals surface area (Å²) in [5, 5.41) is 5.44. The predicted octanol–water partition coefficient (Wildman–Crippen LogP) is 3.73. The van der Waals surface area contributed by atoms with Crippen molar-refractivity contribution in [2.45, 2.75) is 4.34 Å². The first-order chi connectivity index (χ1) is 15.5. The molecule has 0 aliphatic rings. The van der Waals surface area contributed by atoms with Gasteiger partial charge >= 0.3 is 12.1 Å². The van der Waals surface area contributed by atoms with Crippen molar-refractivity contribution >= 4 is 57.0 Å². The van der Waals surface area contributed by atoms with Crippen LogP contribution in [0.3, 0.4) is 0 Å². The Morgan fingerprint density at radius 3 is 2.81 bits per heavy atom. The van der Waals surface area contributed by atoms with E-state index in [1.54, 1.807) is 6.07 Å². The van der Waals surface area contributed by atoms with E-state index >= 15 is 0 Å². The molecule has 2 aromatic heterocycles. The summed E-state index contributed by atoms with van der Waals surface area (Å²) in [6.07, 6.45) is 2.32. The average molecular weight is 473 g/mol. The molecule has 0 unspecified atom stereocenters. The molecule has 0 saturated heterocycles.